The maximum absolute atomic E-state index is 12.9. The first-order valence-corrected chi connectivity index (χ1v) is 21.3. The summed E-state index contributed by atoms with van der Waals surface area (Å²) in [4.78, 5) is 16.9. The van der Waals surface area contributed by atoms with Crippen LogP contribution in [0.3, 0.4) is 0 Å². The van der Waals surface area contributed by atoms with Crippen LogP contribution in [0.25, 0.3) is 0 Å². The summed E-state index contributed by atoms with van der Waals surface area (Å²) < 4.78 is 12.7. The van der Waals surface area contributed by atoms with Gasteiger partial charge in [0.25, 0.3) is 0 Å². The van der Waals surface area contributed by atoms with Crippen LogP contribution in [0.15, 0.2) is 48.6 Å². The van der Waals surface area contributed by atoms with Crippen molar-refractivity contribution in [3.63, 3.8) is 0 Å². The van der Waals surface area contributed by atoms with Gasteiger partial charge in [0.15, 0.2) is 0 Å². The van der Waals surface area contributed by atoms with Gasteiger partial charge in [-0.15, -0.1) is 0 Å². The minimum Gasteiger partial charge on any atom is -0.374 e. The molecule has 1 aliphatic rings. The number of carbonyl (C=O) groups is 1. The van der Waals surface area contributed by atoms with Gasteiger partial charge < -0.3 is 19.3 Å². The van der Waals surface area contributed by atoms with Crippen molar-refractivity contribution >= 4 is 5.91 Å². The molecule has 1 aliphatic heterocycles. The Bertz CT molecular complexity index is 806. The van der Waals surface area contributed by atoms with Crippen LogP contribution in [0.2, 0.25) is 0 Å². The minimum absolute atomic E-state index is 0.000817. The van der Waals surface area contributed by atoms with Crippen LogP contribution in [-0.4, -0.2) is 74.9 Å². The Morgan fingerprint density at radius 1 is 0.540 bits per heavy atom. The Morgan fingerprint density at radius 3 is 1.28 bits per heavy atom. The highest BCUT2D eigenvalue weighted by molar-refractivity contribution is 5.76. The molecule has 1 amide bonds. The lowest BCUT2D eigenvalue weighted by atomic mass is 10.1. The van der Waals surface area contributed by atoms with E-state index in [1.165, 1.54) is 128 Å². The molecule has 0 aromatic rings. The topological polar surface area (TPSA) is 42.0 Å². The molecule has 0 aliphatic carbocycles. The molecule has 0 aromatic carbocycles. The number of nitrogens with zero attached hydrogens (tertiary/aromatic N) is 2. The van der Waals surface area contributed by atoms with Gasteiger partial charge in [-0.05, 0) is 91.1 Å². The van der Waals surface area contributed by atoms with Crippen molar-refractivity contribution in [1.82, 2.24) is 9.80 Å². The summed E-state index contributed by atoms with van der Waals surface area (Å²) in [6.07, 6.45) is 49.2. The molecule has 0 spiro atoms. The molecule has 0 N–H and O–H groups in total. The highest BCUT2D eigenvalue weighted by Gasteiger charge is 2.36. The van der Waals surface area contributed by atoms with Gasteiger partial charge >= 0.3 is 0 Å². The molecule has 0 radical (unpaired) electrons. The van der Waals surface area contributed by atoms with E-state index in [4.69, 9.17) is 9.47 Å². The Kier molecular flexibility index (Phi) is 33.1. The molecule has 50 heavy (non-hydrogen) atoms. The van der Waals surface area contributed by atoms with E-state index in [0.29, 0.717) is 19.5 Å². The van der Waals surface area contributed by atoms with E-state index in [1.54, 1.807) is 0 Å². The van der Waals surface area contributed by atoms with Crippen molar-refractivity contribution in [3.8, 4) is 0 Å². The number of carbonyl (C=O) groups excluding carboxylic acids is 1. The molecule has 1 fully saturated rings. The van der Waals surface area contributed by atoms with Gasteiger partial charge in [0, 0.05) is 39.3 Å². The van der Waals surface area contributed by atoms with Gasteiger partial charge in [0.1, 0.15) is 12.2 Å². The normalized spacial score (nSPS) is 16.9. The summed E-state index contributed by atoms with van der Waals surface area (Å²) in [6, 6.07) is 0. The van der Waals surface area contributed by atoms with Crippen molar-refractivity contribution < 1.29 is 14.3 Å². The molecule has 5 nitrogen and oxygen atoms in total. The molecular formula is C45H82N2O3. The molecular weight excluding hydrogens is 617 g/mol. The fourth-order valence-electron chi connectivity index (χ4n) is 6.40. The molecule has 1 rings (SSSR count). The van der Waals surface area contributed by atoms with Crippen molar-refractivity contribution in [1.29, 1.82) is 0 Å². The van der Waals surface area contributed by atoms with Gasteiger partial charge in [-0.2, -0.15) is 0 Å². The molecule has 2 atom stereocenters. The first-order valence-electron chi connectivity index (χ1n) is 21.3. The predicted molar refractivity (Wildman–Crippen MR) is 218 cm³/mol. The van der Waals surface area contributed by atoms with Crippen molar-refractivity contribution in [2.75, 3.05) is 46.9 Å². The van der Waals surface area contributed by atoms with E-state index >= 15 is 0 Å². The van der Waals surface area contributed by atoms with Crippen LogP contribution in [-0.2, 0) is 14.3 Å². The third-order valence-electron chi connectivity index (χ3n) is 9.69. The highest BCUT2D eigenvalue weighted by Crippen LogP contribution is 2.20. The number of likely N-dealkylation sites (tertiary alicyclic amines) is 1. The van der Waals surface area contributed by atoms with Gasteiger partial charge in [-0.3, -0.25) is 4.79 Å². The third-order valence-corrected chi connectivity index (χ3v) is 9.69. The summed E-state index contributed by atoms with van der Waals surface area (Å²) >= 11 is 0. The number of allylic oxidation sites excluding steroid dienone is 8. The molecule has 1 saturated heterocycles. The van der Waals surface area contributed by atoms with E-state index in [2.05, 4.69) is 67.4 Å². The average Bonchev–Trinajstić information content (AvgIpc) is 3.52. The monoisotopic (exact) mass is 699 g/mol. The van der Waals surface area contributed by atoms with E-state index in [0.717, 1.165) is 45.4 Å². The standard InChI is InChI=1S/C45H82N2O3/c1-5-7-9-11-13-15-17-19-21-23-25-27-29-31-33-35-39-49-43-41-47(45(48)37-38-46(3)4)42-44(43)50-40-36-34-32-30-28-26-24-22-20-18-16-14-12-10-8-6-2/h13-16,19-22,43-44H,5-12,17-18,23-42H2,1-4H3/b15-13-,16-14-,21-19-,22-20-/t43-,44-/m1/s1. The van der Waals surface area contributed by atoms with Crippen molar-refractivity contribution in [3.05, 3.63) is 48.6 Å². The third kappa shape index (κ3) is 28.9. The van der Waals surface area contributed by atoms with Gasteiger partial charge in [-0.1, -0.05) is 140 Å². The second-order valence-corrected chi connectivity index (χ2v) is 14.8. The summed E-state index contributed by atoms with van der Waals surface area (Å²) in [5.41, 5.74) is 0. The van der Waals surface area contributed by atoms with E-state index in [-0.39, 0.29) is 18.1 Å². The van der Waals surface area contributed by atoms with Crippen molar-refractivity contribution in [2.45, 2.75) is 187 Å². The molecule has 5 heteroatoms. The van der Waals surface area contributed by atoms with Gasteiger partial charge in [0.05, 0.1) is 0 Å². The number of unbranched alkanes of at least 4 members (excludes halogenated alkanes) is 18. The zero-order valence-corrected chi connectivity index (χ0v) is 33.6. The van der Waals surface area contributed by atoms with Crippen LogP contribution in [0.4, 0.5) is 0 Å². The second kappa shape index (κ2) is 35.7. The summed E-state index contributed by atoms with van der Waals surface area (Å²) in [6.45, 7) is 8.18. The molecule has 0 aromatic heterocycles. The summed E-state index contributed by atoms with van der Waals surface area (Å²) in [5, 5.41) is 0. The fraction of sp³-hybridized carbons (Fsp3) is 0.800. The molecule has 290 valence electrons. The largest absolute Gasteiger partial charge is 0.374 e. The highest BCUT2D eigenvalue weighted by atomic mass is 16.5. The Morgan fingerprint density at radius 2 is 0.900 bits per heavy atom. The Labute approximate surface area is 311 Å². The SMILES string of the molecule is CCCCC/C=C\C/C=C\CCCCCCCCO[C@@H]1CN(C(=O)CCN(C)C)C[C@H]1OCCCCCCCC/C=C\C/C=C\CCCCC. The first-order chi connectivity index (χ1) is 24.6. The first kappa shape index (κ1) is 46.3. The average molecular weight is 699 g/mol. The number of amides is 1. The Balaban J connectivity index is 2.17. The molecule has 1 heterocycles. The smallest absolute Gasteiger partial charge is 0.224 e. The number of rotatable bonds is 35. The van der Waals surface area contributed by atoms with Crippen LogP contribution in [0, 0.1) is 0 Å². The lowest BCUT2D eigenvalue weighted by Crippen LogP contribution is -2.32. The lowest BCUT2D eigenvalue weighted by Gasteiger charge is -2.19. The summed E-state index contributed by atoms with van der Waals surface area (Å²) in [5.74, 6) is 0.223. The van der Waals surface area contributed by atoms with Crippen molar-refractivity contribution in [2.24, 2.45) is 0 Å². The summed E-state index contributed by atoms with van der Waals surface area (Å²) in [7, 11) is 4.05. The van der Waals surface area contributed by atoms with Crippen LogP contribution in [0.1, 0.15) is 174 Å². The second-order valence-electron chi connectivity index (χ2n) is 14.8. The number of ether oxygens (including phenoxy) is 2. The quantitative estimate of drug-likeness (QED) is 0.0488. The number of hydrogen-bond donors (Lipinski definition) is 0. The zero-order chi connectivity index (χ0) is 36.2. The van der Waals surface area contributed by atoms with Gasteiger partial charge in [0.2, 0.25) is 5.91 Å². The lowest BCUT2D eigenvalue weighted by molar-refractivity contribution is -0.131. The maximum Gasteiger partial charge on any atom is 0.224 e. The minimum atomic E-state index is 0.000817. The van der Waals surface area contributed by atoms with Crippen LogP contribution in [0.5, 0.6) is 0 Å². The molecule has 0 bridgehead atoms. The van der Waals surface area contributed by atoms with Crippen LogP contribution < -0.4 is 0 Å². The predicted octanol–water partition coefficient (Wildman–Crippen LogP) is 12.2. The van der Waals surface area contributed by atoms with E-state index < -0.39 is 0 Å². The Hall–Kier alpha value is -1.69. The van der Waals surface area contributed by atoms with E-state index in [9.17, 15) is 4.79 Å². The molecule has 0 unspecified atom stereocenters. The molecule has 0 saturated carbocycles. The maximum atomic E-state index is 12.9. The zero-order valence-electron chi connectivity index (χ0n) is 33.6. The number of hydrogen-bond acceptors (Lipinski definition) is 4. The fourth-order valence-corrected chi connectivity index (χ4v) is 6.40. The van der Waals surface area contributed by atoms with Crippen LogP contribution >= 0.6 is 0 Å². The van der Waals surface area contributed by atoms with E-state index in [1.807, 2.05) is 19.0 Å². The van der Waals surface area contributed by atoms with Gasteiger partial charge in [-0.25, -0.2) is 0 Å².